The summed E-state index contributed by atoms with van der Waals surface area (Å²) in [5.41, 5.74) is 2.10. The van der Waals surface area contributed by atoms with Crippen molar-refractivity contribution in [2.75, 3.05) is 33.3 Å². The van der Waals surface area contributed by atoms with E-state index >= 15 is 0 Å². The van der Waals surface area contributed by atoms with Crippen LogP contribution in [0.1, 0.15) is 28.3 Å². The number of hydrogen-bond acceptors (Lipinski definition) is 8. The lowest BCUT2D eigenvalue weighted by atomic mass is 9.92. The van der Waals surface area contributed by atoms with Crippen molar-refractivity contribution < 1.29 is 38.7 Å². The van der Waals surface area contributed by atoms with Crippen molar-refractivity contribution in [1.82, 2.24) is 0 Å². The third kappa shape index (κ3) is 4.26. The van der Waals surface area contributed by atoms with Crippen LogP contribution in [0.4, 0.5) is 5.69 Å². The summed E-state index contributed by atoms with van der Waals surface area (Å²) in [6.45, 7) is 3.58. The van der Waals surface area contributed by atoms with Crippen LogP contribution in [-0.4, -0.2) is 50.3 Å². The fraction of sp³-hybridized carbons (Fsp3) is 0.241. The van der Waals surface area contributed by atoms with Crippen molar-refractivity contribution in [3.8, 4) is 28.7 Å². The lowest BCUT2D eigenvalue weighted by molar-refractivity contribution is -0.132. The first-order chi connectivity index (χ1) is 18.2. The van der Waals surface area contributed by atoms with E-state index in [1.165, 1.54) is 33.5 Å². The number of ketones is 1. The molecule has 1 aliphatic heterocycles. The van der Waals surface area contributed by atoms with Crippen molar-refractivity contribution in [1.29, 1.82) is 0 Å². The van der Waals surface area contributed by atoms with Crippen LogP contribution in [0.25, 0.3) is 5.76 Å². The summed E-state index contributed by atoms with van der Waals surface area (Å²) in [6.07, 6.45) is 0. The first-order valence-corrected chi connectivity index (χ1v) is 11.7. The van der Waals surface area contributed by atoms with E-state index in [-0.39, 0.29) is 22.8 Å². The van der Waals surface area contributed by atoms with Crippen LogP contribution in [0.15, 0.2) is 54.1 Å². The molecular formula is C29H29NO8. The number of carbonyl (C=O) groups is 2. The smallest absolute Gasteiger partial charge is 0.300 e. The molecule has 1 aliphatic rings. The molecule has 3 aromatic rings. The number of benzene rings is 3. The highest BCUT2D eigenvalue weighted by atomic mass is 16.5. The Labute approximate surface area is 220 Å². The molecule has 1 unspecified atom stereocenters. The summed E-state index contributed by atoms with van der Waals surface area (Å²) in [7, 11) is 5.90. The van der Waals surface area contributed by atoms with Gasteiger partial charge in [0.1, 0.15) is 17.3 Å². The molecule has 1 amide bonds. The Morgan fingerprint density at radius 2 is 1.42 bits per heavy atom. The van der Waals surface area contributed by atoms with Crippen LogP contribution in [0.2, 0.25) is 0 Å². The molecule has 0 radical (unpaired) electrons. The molecule has 0 spiro atoms. The van der Waals surface area contributed by atoms with E-state index in [4.69, 9.17) is 18.9 Å². The lowest BCUT2D eigenvalue weighted by Gasteiger charge is -2.27. The zero-order chi connectivity index (χ0) is 27.7. The minimum atomic E-state index is -1.13. The maximum absolute atomic E-state index is 13.5. The molecule has 1 saturated heterocycles. The van der Waals surface area contributed by atoms with Crippen LogP contribution in [-0.2, 0) is 9.59 Å². The molecule has 0 aliphatic carbocycles. The van der Waals surface area contributed by atoms with Crippen molar-refractivity contribution in [3.63, 3.8) is 0 Å². The van der Waals surface area contributed by atoms with Crippen molar-refractivity contribution in [2.24, 2.45) is 0 Å². The van der Waals surface area contributed by atoms with E-state index < -0.39 is 17.7 Å². The van der Waals surface area contributed by atoms with Gasteiger partial charge in [-0.2, -0.15) is 0 Å². The largest absolute Gasteiger partial charge is 0.507 e. The summed E-state index contributed by atoms with van der Waals surface area (Å²) >= 11 is 0. The molecule has 2 N–H and O–H groups in total. The number of para-hydroxylation sites is 2. The third-order valence-electron chi connectivity index (χ3n) is 6.59. The second-order valence-corrected chi connectivity index (χ2v) is 8.75. The number of Topliss-reactive ketones (excluding diaryl/α,β-unsaturated/α-hetero) is 1. The molecule has 198 valence electrons. The van der Waals surface area contributed by atoms with Crippen LogP contribution in [0.5, 0.6) is 28.7 Å². The van der Waals surface area contributed by atoms with Gasteiger partial charge in [-0.05, 0) is 66.9 Å². The Morgan fingerprint density at radius 1 is 0.816 bits per heavy atom. The van der Waals surface area contributed by atoms with E-state index in [0.717, 1.165) is 10.5 Å². The summed E-state index contributed by atoms with van der Waals surface area (Å²) in [4.78, 5) is 28.2. The Hall–Kier alpha value is -4.66. The monoisotopic (exact) mass is 519 g/mol. The zero-order valence-electron chi connectivity index (χ0n) is 22.0. The number of ether oxygens (including phenoxy) is 4. The molecule has 1 fully saturated rings. The standard InChI is InChI=1S/C29H29NO8/c1-15-12-21(35-3)16(2)11-18(15)26(32)24-25(17-13-22(36-4)28(38-6)23(14-17)37-5)30(29(34)27(24)33)19-9-7-8-10-20(19)31/h7-14,25,31-32H,1-6H3/b26-24+. The number of anilines is 1. The fourth-order valence-electron chi connectivity index (χ4n) is 4.73. The molecule has 0 aromatic heterocycles. The molecule has 1 atom stereocenters. The second kappa shape index (κ2) is 10.4. The molecule has 9 heteroatoms. The summed E-state index contributed by atoms with van der Waals surface area (Å²) in [6, 6.07) is 11.7. The number of amides is 1. The third-order valence-corrected chi connectivity index (χ3v) is 6.59. The Bertz CT molecular complexity index is 1430. The molecule has 0 saturated carbocycles. The predicted molar refractivity (Wildman–Crippen MR) is 141 cm³/mol. The average Bonchev–Trinajstić information content (AvgIpc) is 3.18. The SMILES string of the molecule is COc1cc(C)c(/C(O)=C2\C(=O)C(=O)N(c3ccccc3O)C2c2cc(OC)c(OC)c(OC)c2)cc1C. The molecule has 0 bridgehead atoms. The van der Waals surface area contributed by atoms with Crippen LogP contribution < -0.4 is 23.8 Å². The maximum atomic E-state index is 13.5. The van der Waals surface area contributed by atoms with Gasteiger partial charge in [-0.25, -0.2) is 0 Å². The van der Waals surface area contributed by atoms with E-state index in [2.05, 4.69) is 0 Å². The number of methoxy groups -OCH3 is 4. The van der Waals surface area contributed by atoms with Gasteiger partial charge in [-0.3, -0.25) is 14.5 Å². The van der Waals surface area contributed by atoms with Gasteiger partial charge in [0, 0.05) is 5.56 Å². The lowest BCUT2D eigenvalue weighted by Crippen LogP contribution is -2.29. The predicted octanol–water partition coefficient (Wildman–Crippen LogP) is 4.67. The van der Waals surface area contributed by atoms with Gasteiger partial charge in [0.15, 0.2) is 11.5 Å². The Balaban J connectivity index is 2.06. The highest BCUT2D eigenvalue weighted by Crippen LogP contribution is 2.48. The minimum absolute atomic E-state index is 0.107. The normalized spacial score (nSPS) is 16.5. The van der Waals surface area contributed by atoms with E-state index in [0.29, 0.717) is 39.7 Å². The second-order valence-electron chi connectivity index (χ2n) is 8.75. The number of aliphatic hydroxyl groups is 1. The first-order valence-electron chi connectivity index (χ1n) is 11.7. The number of phenols is 1. The van der Waals surface area contributed by atoms with Gasteiger partial charge in [-0.1, -0.05) is 12.1 Å². The number of phenolic OH excluding ortho intramolecular Hbond substituents is 1. The van der Waals surface area contributed by atoms with Gasteiger partial charge in [0.2, 0.25) is 5.75 Å². The number of hydrogen-bond donors (Lipinski definition) is 2. The van der Waals surface area contributed by atoms with Crippen LogP contribution >= 0.6 is 0 Å². The number of aliphatic hydroxyl groups excluding tert-OH is 1. The minimum Gasteiger partial charge on any atom is -0.507 e. The molecule has 1 heterocycles. The van der Waals surface area contributed by atoms with Gasteiger partial charge in [-0.15, -0.1) is 0 Å². The highest BCUT2D eigenvalue weighted by molar-refractivity contribution is 6.52. The quantitative estimate of drug-likeness (QED) is 0.263. The van der Waals surface area contributed by atoms with Crippen molar-refractivity contribution in [3.05, 3.63) is 76.4 Å². The van der Waals surface area contributed by atoms with E-state index in [1.54, 1.807) is 50.4 Å². The van der Waals surface area contributed by atoms with Crippen LogP contribution in [0, 0.1) is 13.8 Å². The molecule has 3 aromatic carbocycles. The van der Waals surface area contributed by atoms with Gasteiger partial charge in [0.25, 0.3) is 11.7 Å². The Kier molecular flexibility index (Phi) is 7.21. The molecule has 38 heavy (non-hydrogen) atoms. The van der Waals surface area contributed by atoms with E-state index in [1.807, 2.05) is 6.92 Å². The van der Waals surface area contributed by atoms with Gasteiger partial charge in [0.05, 0.1) is 45.7 Å². The number of nitrogens with zero attached hydrogens (tertiary/aromatic N) is 1. The van der Waals surface area contributed by atoms with Crippen molar-refractivity contribution in [2.45, 2.75) is 19.9 Å². The molecule has 9 nitrogen and oxygen atoms in total. The summed E-state index contributed by atoms with van der Waals surface area (Å²) < 4.78 is 21.8. The number of aryl methyl sites for hydroxylation is 2. The van der Waals surface area contributed by atoms with Crippen LogP contribution in [0.3, 0.4) is 0 Å². The zero-order valence-corrected chi connectivity index (χ0v) is 22.0. The fourth-order valence-corrected chi connectivity index (χ4v) is 4.73. The number of aromatic hydroxyl groups is 1. The number of rotatable bonds is 7. The van der Waals surface area contributed by atoms with E-state index in [9.17, 15) is 19.8 Å². The summed E-state index contributed by atoms with van der Waals surface area (Å²) in [5, 5.41) is 22.2. The highest BCUT2D eigenvalue weighted by Gasteiger charge is 2.48. The van der Waals surface area contributed by atoms with Gasteiger partial charge >= 0.3 is 0 Å². The van der Waals surface area contributed by atoms with Gasteiger partial charge < -0.3 is 29.2 Å². The average molecular weight is 520 g/mol. The first kappa shape index (κ1) is 26.4. The summed E-state index contributed by atoms with van der Waals surface area (Å²) in [5.74, 6) is -0.851. The number of carbonyl (C=O) groups excluding carboxylic acids is 2. The maximum Gasteiger partial charge on any atom is 0.300 e. The topological polar surface area (TPSA) is 115 Å². The molecule has 4 rings (SSSR count). The molecular weight excluding hydrogens is 490 g/mol. The van der Waals surface area contributed by atoms with Crippen molar-refractivity contribution >= 4 is 23.1 Å². The Morgan fingerprint density at radius 3 is 1.97 bits per heavy atom.